The Bertz CT molecular complexity index is 662. The molecule has 198 valence electrons. The summed E-state index contributed by atoms with van der Waals surface area (Å²) >= 11 is 0. The average molecular weight is 651 g/mol. The second-order valence-electron chi connectivity index (χ2n) is 12.4. The summed E-state index contributed by atoms with van der Waals surface area (Å²) in [4.78, 5) is 5.42. The molecule has 1 aliphatic heterocycles. The Balaban J connectivity index is 0.000000772. The molecule has 1 saturated heterocycles. The van der Waals surface area contributed by atoms with Crippen LogP contribution in [0.1, 0.15) is 57.2 Å². The maximum atomic E-state index is 5.42. The van der Waals surface area contributed by atoms with Gasteiger partial charge in [0.15, 0.2) is 0 Å². The Morgan fingerprint density at radius 3 is 1.45 bits per heavy atom. The third-order valence-corrected chi connectivity index (χ3v) is 10.8. The number of aryl methyl sites for hydroxylation is 3. The number of benzene rings is 1. The molecule has 1 aliphatic carbocycles. The Morgan fingerprint density at radius 2 is 1.15 bits per heavy atom. The zero-order valence-corrected chi connectivity index (χ0v) is 27.3. The van der Waals surface area contributed by atoms with Gasteiger partial charge in [0.1, 0.15) is 0 Å². The second-order valence-corrected chi connectivity index (χ2v) is 21.7. The van der Waals surface area contributed by atoms with Gasteiger partial charge in [0.2, 0.25) is 0 Å². The number of rotatable bonds is 3. The Morgan fingerprint density at radius 1 is 0.788 bits per heavy atom. The van der Waals surface area contributed by atoms with Crippen LogP contribution in [0.3, 0.4) is 0 Å². The van der Waals surface area contributed by atoms with E-state index >= 15 is 0 Å². The van der Waals surface area contributed by atoms with Crippen LogP contribution < -0.4 is 0 Å². The SMILES string of the molecule is C1CCOC1.Cc1cc(C)c([N-][Si](C)(C)C2C(C)C(C)C(C)C2C)c(C)c1.[CH2-][Si](C)(C)C.[Lu+3]. The van der Waals surface area contributed by atoms with Crippen molar-refractivity contribution in [2.75, 3.05) is 13.2 Å². The fraction of sp³-hybridized carbons (Fsp3) is 0.750. The van der Waals surface area contributed by atoms with Gasteiger partial charge in [-0.3, -0.25) is 0 Å². The van der Waals surface area contributed by atoms with Gasteiger partial charge >= 0.3 is 36.9 Å². The molecule has 0 radical (unpaired) electrons. The van der Waals surface area contributed by atoms with E-state index in [-0.39, 0.29) is 36.9 Å². The summed E-state index contributed by atoms with van der Waals surface area (Å²) in [5.74, 6) is 3.23. The molecule has 4 unspecified atom stereocenters. The summed E-state index contributed by atoms with van der Waals surface area (Å²) in [6.45, 7) is 33.9. The molecule has 0 spiro atoms. The van der Waals surface area contributed by atoms with Crippen molar-refractivity contribution in [3.63, 3.8) is 0 Å². The maximum Gasteiger partial charge on any atom is 3.00 e. The van der Waals surface area contributed by atoms with Crippen LogP contribution >= 0.6 is 0 Å². The first-order valence-electron chi connectivity index (χ1n) is 12.8. The Labute approximate surface area is 238 Å². The summed E-state index contributed by atoms with van der Waals surface area (Å²) in [6.07, 6.45) is 2.56. The van der Waals surface area contributed by atoms with Crippen LogP contribution in [-0.4, -0.2) is 29.5 Å². The largest absolute Gasteiger partial charge is 3.00 e. The molecule has 1 aromatic carbocycles. The molecule has 1 saturated carbocycles. The van der Waals surface area contributed by atoms with Crippen LogP contribution in [0.25, 0.3) is 4.98 Å². The minimum absolute atomic E-state index is 0. The van der Waals surface area contributed by atoms with Gasteiger partial charge in [0.25, 0.3) is 0 Å². The first-order valence-corrected chi connectivity index (χ1v) is 19.5. The van der Waals surface area contributed by atoms with Gasteiger partial charge in [0.05, 0.1) is 0 Å². The smallest absolute Gasteiger partial charge is 0.686 e. The van der Waals surface area contributed by atoms with Crippen LogP contribution in [-0.2, 0) is 4.74 Å². The number of nitrogens with zero attached hydrogens (tertiary/aromatic N) is 1. The van der Waals surface area contributed by atoms with E-state index in [9.17, 15) is 0 Å². The van der Waals surface area contributed by atoms with E-state index in [1.807, 2.05) is 0 Å². The minimum atomic E-state index is -1.68. The van der Waals surface area contributed by atoms with Crippen molar-refractivity contribution in [2.24, 2.45) is 23.7 Å². The molecule has 0 bridgehead atoms. The second kappa shape index (κ2) is 14.4. The molecule has 5 heteroatoms. The van der Waals surface area contributed by atoms with Crippen molar-refractivity contribution in [1.82, 2.24) is 0 Å². The molecular formula is C28H53LuNOSi2+. The van der Waals surface area contributed by atoms with Gasteiger partial charge in [0, 0.05) is 13.2 Å². The molecule has 0 aromatic heterocycles. The van der Waals surface area contributed by atoms with Crippen LogP contribution in [0.4, 0.5) is 5.69 Å². The zero-order chi connectivity index (χ0) is 24.9. The number of ether oxygens (including phenoxy) is 1. The normalized spacial score (nSPS) is 27.0. The monoisotopic (exact) mass is 650 g/mol. The van der Waals surface area contributed by atoms with Crippen molar-refractivity contribution in [1.29, 1.82) is 0 Å². The van der Waals surface area contributed by atoms with E-state index < -0.39 is 16.3 Å². The van der Waals surface area contributed by atoms with E-state index in [1.165, 1.54) is 35.2 Å². The summed E-state index contributed by atoms with van der Waals surface area (Å²) in [5, 5.41) is 0. The predicted octanol–water partition coefficient (Wildman–Crippen LogP) is 9.25. The minimum Gasteiger partial charge on any atom is -0.686 e. The topological polar surface area (TPSA) is 23.3 Å². The molecule has 1 heterocycles. The van der Waals surface area contributed by atoms with E-state index in [2.05, 4.69) is 99.9 Å². The molecule has 0 amide bonds. The molecule has 1 aromatic rings. The van der Waals surface area contributed by atoms with Crippen molar-refractivity contribution in [3.8, 4) is 0 Å². The van der Waals surface area contributed by atoms with Gasteiger partial charge in [-0.15, -0.1) is 13.8 Å². The van der Waals surface area contributed by atoms with E-state index in [0.717, 1.165) is 42.4 Å². The van der Waals surface area contributed by atoms with Gasteiger partial charge < -0.3 is 16.3 Å². The molecular weight excluding hydrogens is 597 g/mol. The third kappa shape index (κ3) is 11.1. The first-order chi connectivity index (χ1) is 14.6. The van der Waals surface area contributed by atoms with Crippen LogP contribution in [0.15, 0.2) is 12.1 Å². The quantitative estimate of drug-likeness (QED) is 0.236. The third-order valence-electron chi connectivity index (χ3n) is 7.30. The van der Waals surface area contributed by atoms with Crippen molar-refractivity contribution in [2.45, 2.75) is 99.6 Å². The molecule has 0 N–H and O–H groups in total. The summed E-state index contributed by atoms with van der Waals surface area (Å²) in [5.41, 5.74) is 6.10. The van der Waals surface area contributed by atoms with E-state index in [1.54, 1.807) is 0 Å². The molecule has 3 rings (SSSR count). The summed E-state index contributed by atoms with van der Waals surface area (Å²) in [7, 11) is -2.54. The molecule has 2 nitrogen and oxygen atoms in total. The van der Waals surface area contributed by atoms with Crippen LogP contribution in [0.2, 0.25) is 38.3 Å². The fourth-order valence-corrected chi connectivity index (χ4v) is 9.86. The Hall–Kier alpha value is 0.648. The van der Waals surface area contributed by atoms with Crippen molar-refractivity contribution in [3.05, 3.63) is 40.4 Å². The van der Waals surface area contributed by atoms with Crippen LogP contribution in [0, 0.1) is 87.9 Å². The average Bonchev–Trinajstić information content (AvgIpc) is 3.26. The van der Waals surface area contributed by atoms with Crippen LogP contribution in [0.5, 0.6) is 0 Å². The molecule has 4 atom stereocenters. The van der Waals surface area contributed by atoms with E-state index in [0.29, 0.717) is 0 Å². The van der Waals surface area contributed by atoms with E-state index in [4.69, 9.17) is 9.72 Å². The molecule has 2 fully saturated rings. The molecule has 33 heavy (non-hydrogen) atoms. The van der Waals surface area contributed by atoms with Gasteiger partial charge in [-0.2, -0.15) is 0 Å². The first kappa shape index (κ1) is 33.6. The maximum absolute atomic E-state index is 5.42. The van der Waals surface area contributed by atoms with Gasteiger partial charge in [-0.05, 0) is 65.5 Å². The van der Waals surface area contributed by atoms with Crippen molar-refractivity contribution < 1.29 is 41.6 Å². The number of hydrogen-bond donors (Lipinski definition) is 0. The van der Waals surface area contributed by atoms with Gasteiger partial charge in [-0.25, -0.2) is 0 Å². The molecule has 2 aliphatic rings. The zero-order valence-electron chi connectivity index (χ0n) is 23.7. The fourth-order valence-electron chi connectivity index (χ4n) is 5.60. The van der Waals surface area contributed by atoms with Crippen molar-refractivity contribution >= 4 is 22.0 Å². The number of hydrogen-bond acceptors (Lipinski definition) is 1. The van der Waals surface area contributed by atoms with Gasteiger partial charge in [-0.1, -0.05) is 94.8 Å². The standard InChI is InChI=1S/C20H34NSi.C4H8O.C4H11Si.Lu/c1-12-10-13(2)19(14(3)11-12)21-22(8,9)20-17(6)15(4)16(5)18(20)7;1-2-4-5-3-1;1-5(2,3)4;/h10-11,15-18,20H,1-9H3;1-4H2;1H2,2-4H3;/q-1;;-1;+3. The predicted molar refractivity (Wildman–Crippen MR) is 150 cm³/mol. The summed E-state index contributed by atoms with van der Waals surface area (Å²) in [6, 6.07) is 4.56. The summed E-state index contributed by atoms with van der Waals surface area (Å²) < 4.78 is 4.94. The Kier molecular flexibility index (Phi) is 14.7.